The molecule has 0 atom stereocenters. The summed E-state index contributed by atoms with van der Waals surface area (Å²) in [6.45, 7) is 0. The van der Waals surface area contributed by atoms with Gasteiger partial charge in [-0.2, -0.15) is 15.6 Å². The second kappa shape index (κ2) is 4.25. The molecule has 0 saturated carbocycles. The van der Waals surface area contributed by atoms with Crippen molar-refractivity contribution < 1.29 is 4.42 Å². The molecule has 0 spiro atoms. The second-order valence-corrected chi connectivity index (χ2v) is 3.20. The Morgan fingerprint density at radius 1 is 1.53 bits per heavy atom. The number of nitrogens with two attached hydrogens (primary N) is 1. The van der Waals surface area contributed by atoms with Crippen LogP contribution in [0.15, 0.2) is 23.0 Å². The second-order valence-electron chi connectivity index (χ2n) is 3.20. The molecule has 2 aromatic heterocycles. The number of aromatic amines is 1. The van der Waals surface area contributed by atoms with Gasteiger partial charge in [0.2, 0.25) is 0 Å². The smallest absolute Gasteiger partial charge is 0.137 e. The van der Waals surface area contributed by atoms with Gasteiger partial charge in [-0.3, -0.25) is 5.10 Å². The minimum Gasteiger partial charge on any atom is -0.472 e. The number of anilines is 1. The summed E-state index contributed by atoms with van der Waals surface area (Å²) in [6.07, 6.45) is 4.55. The Labute approximate surface area is 96.6 Å². The summed E-state index contributed by atoms with van der Waals surface area (Å²) in [6, 6.07) is 5.57. The average Bonchev–Trinajstić information content (AvgIpc) is 2.95. The number of H-pyrrole nitrogens is 1. The van der Waals surface area contributed by atoms with Crippen LogP contribution in [0.3, 0.4) is 0 Å². The van der Waals surface area contributed by atoms with Crippen LogP contribution in [0.1, 0.15) is 16.8 Å². The fourth-order valence-electron chi connectivity index (χ4n) is 1.34. The van der Waals surface area contributed by atoms with Crippen LogP contribution in [-0.4, -0.2) is 10.2 Å². The molecule has 82 valence electrons. The van der Waals surface area contributed by atoms with Gasteiger partial charge in [-0.1, -0.05) is 0 Å². The highest BCUT2D eigenvalue weighted by Crippen LogP contribution is 2.22. The van der Waals surface area contributed by atoms with Gasteiger partial charge in [0.25, 0.3) is 0 Å². The van der Waals surface area contributed by atoms with Gasteiger partial charge in [-0.25, -0.2) is 0 Å². The maximum absolute atomic E-state index is 9.05. The fourth-order valence-corrected chi connectivity index (χ4v) is 1.34. The maximum Gasteiger partial charge on any atom is 0.137 e. The van der Waals surface area contributed by atoms with Gasteiger partial charge in [-0.05, 0) is 12.1 Å². The summed E-state index contributed by atoms with van der Waals surface area (Å²) < 4.78 is 4.89. The zero-order valence-electron chi connectivity index (χ0n) is 8.64. The first-order valence-corrected chi connectivity index (χ1v) is 4.64. The zero-order valence-corrected chi connectivity index (χ0v) is 8.64. The van der Waals surface area contributed by atoms with E-state index in [0.29, 0.717) is 5.56 Å². The molecule has 2 aromatic rings. The van der Waals surface area contributed by atoms with Crippen molar-refractivity contribution in [2.45, 2.75) is 0 Å². The third-order valence-corrected chi connectivity index (χ3v) is 2.14. The molecule has 0 radical (unpaired) electrons. The topological polar surface area (TPSA) is 115 Å². The predicted molar refractivity (Wildman–Crippen MR) is 59.9 cm³/mol. The quantitative estimate of drug-likeness (QED) is 0.751. The van der Waals surface area contributed by atoms with Crippen LogP contribution < -0.4 is 5.73 Å². The van der Waals surface area contributed by atoms with Crippen molar-refractivity contribution in [3.63, 3.8) is 0 Å². The van der Waals surface area contributed by atoms with Crippen LogP contribution in [0.5, 0.6) is 0 Å². The van der Waals surface area contributed by atoms with Gasteiger partial charge < -0.3 is 10.2 Å². The molecule has 0 fully saturated rings. The molecular formula is C11H7N5O. The number of allylic oxidation sites excluding steroid dienone is 1. The van der Waals surface area contributed by atoms with Gasteiger partial charge in [0, 0.05) is 5.56 Å². The third-order valence-electron chi connectivity index (χ3n) is 2.14. The molecule has 3 N–H and O–H groups in total. The fraction of sp³-hybridized carbons (Fsp3) is 0. The molecule has 0 saturated heterocycles. The highest BCUT2D eigenvalue weighted by atomic mass is 16.3. The largest absolute Gasteiger partial charge is 0.472 e. The molecule has 0 unspecified atom stereocenters. The van der Waals surface area contributed by atoms with Gasteiger partial charge in [0.15, 0.2) is 0 Å². The molecule has 0 aliphatic heterocycles. The number of rotatable bonds is 2. The number of nitrogens with one attached hydrogen (secondary N) is 1. The van der Waals surface area contributed by atoms with E-state index in [4.69, 9.17) is 20.7 Å². The molecular weight excluding hydrogens is 218 g/mol. The Kier molecular flexibility index (Phi) is 2.63. The lowest BCUT2D eigenvalue weighted by Crippen LogP contribution is -1.89. The number of nitrogen functional groups attached to an aromatic ring is 1. The molecule has 0 aliphatic rings. The van der Waals surface area contributed by atoms with E-state index in [1.54, 1.807) is 12.1 Å². The van der Waals surface area contributed by atoms with Crippen LogP contribution in [0.4, 0.5) is 5.82 Å². The minimum atomic E-state index is 0.149. The van der Waals surface area contributed by atoms with Crippen molar-refractivity contribution in [1.82, 2.24) is 10.2 Å². The van der Waals surface area contributed by atoms with Gasteiger partial charge in [-0.15, -0.1) is 0 Å². The zero-order chi connectivity index (χ0) is 12.3. The molecule has 2 heterocycles. The number of aromatic nitrogens is 2. The van der Waals surface area contributed by atoms with Crippen molar-refractivity contribution in [1.29, 1.82) is 10.5 Å². The van der Waals surface area contributed by atoms with Crippen LogP contribution in [0, 0.1) is 22.7 Å². The van der Waals surface area contributed by atoms with E-state index in [2.05, 4.69) is 10.2 Å². The van der Waals surface area contributed by atoms with Crippen LogP contribution in [0.25, 0.3) is 11.6 Å². The standard InChI is InChI=1S/C11H7N5O/c12-4-8(3-7-1-2-17-6-7)10-9(5-13)11(14)16-15-10/h1-3,6H,(H3,14,15,16)/b8-3+. The normalized spacial score (nSPS) is 10.8. The Morgan fingerprint density at radius 2 is 2.35 bits per heavy atom. The Balaban J connectivity index is 2.51. The molecule has 6 heteroatoms. The van der Waals surface area contributed by atoms with Crippen LogP contribution in [-0.2, 0) is 0 Å². The highest BCUT2D eigenvalue weighted by molar-refractivity contribution is 5.90. The average molecular weight is 225 g/mol. The summed E-state index contributed by atoms with van der Waals surface area (Å²) in [5.41, 5.74) is 6.90. The van der Waals surface area contributed by atoms with Crippen LogP contribution in [0.2, 0.25) is 0 Å². The summed E-state index contributed by atoms with van der Waals surface area (Å²) in [5, 5.41) is 24.3. The van der Waals surface area contributed by atoms with E-state index in [9.17, 15) is 0 Å². The van der Waals surface area contributed by atoms with Crippen molar-refractivity contribution in [3.05, 3.63) is 35.4 Å². The minimum absolute atomic E-state index is 0.149. The number of nitriles is 2. The molecule has 0 amide bonds. The van der Waals surface area contributed by atoms with Crippen molar-refractivity contribution in [3.8, 4) is 12.1 Å². The van der Waals surface area contributed by atoms with Crippen molar-refractivity contribution >= 4 is 17.5 Å². The third kappa shape index (κ3) is 1.87. The Morgan fingerprint density at radius 3 is 2.94 bits per heavy atom. The summed E-state index contributed by atoms with van der Waals surface area (Å²) in [4.78, 5) is 0. The lowest BCUT2D eigenvalue weighted by Gasteiger charge is -1.92. The Bertz CT molecular complexity index is 636. The molecule has 17 heavy (non-hydrogen) atoms. The van der Waals surface area contributed by atoms with Crippen molar-refractivity contribution in [2.24, 2.45) is 0 Å². The van der Waals surface area contributed by atoms with E-state index in [1.165, 1.54) is 12.5 Å². The van der Waals surface area contributed by atoms with Crippen LogP contribution >= 0.6 is 0 Å². The SMILES string of the molecule is N#C/C(=C\c1ccoc1)c1n[nH]c(N)c1C#N. The van der Waals surface area contributed by atoms with E-state index >= 15 is 0 Å². The highest BCUT2D eigenvalue weighted by Gasteiger charge is 2.14. The molecule has 0 aromatic carbocycles. The molecule has 0 bridgehead atoms. The monoisotopic (exact) mass is 225 g/mol. The van der Waals surface area contributed by atoms with Gasteiger partial charge in [0.05, 0.1) is 18.1 Å². The van der Waals surface area contributed by atoms with Crippen molar-refractivity contribution in [2.75, 3.05) is 5.73 Å². The van der Waals surface area contributed by atoms with E-state index in [0.717, 1.165) is 0 Å². The molecule has 0 aliphatic carbocycles. The lowest BCUT2D eigenvalue weighted by molar-refractivity contribution is 0.567. The van der Waals surface area contributed by atoms with E-state index in [-0.39, 0.29) is 22.6 Å². The summed E-state index contributed by atoms with van der Waals surface area (Å²) in [7, 11) is 0. The Hall–Kier alpha value is -2.99. The molecule has 2 rings (SSSR count). The number of furan rings is 1. The first kappa shape index (κ1) is 10.5. The maximum atomic E-state index is 9.05. The van der Waals surface area contributed by atoms with E-state index in [1.807, 2.05) is 12.1 Å². The summed E-state index contributed by atoms with van der Waals surface area (Å²) >= 11 is 0. The lowest BCUT2D eigenvalue weighted by atomic mass is 10.1. The van der Waals surface area contributed by atoms with Gasteiger partial charge >= 0.3 is 0 Å². The number of hydrogen-bond acceptors (Lipinski definition) is 5. The first-order valence-electron chi connectivity index (χ1n) is 4.64. The van der Waals surface area contributed by atoms with Gasteiger partial charge in [0.1, 0.15) is 29.2 Å². The molecule has 6 nitrogen and oxygen atoms in total. The predicted octanol–water partition coefficient (Wildman–Crippen LogP) is 1.52. The number of nitrogens with zero attached hydrogens (tertiary/aromatic N) is 3. The number of hydrogen-bond donors (Lipinski definition) is 2. The van der Waals surface area contributed by atoms with E-state index < -0.39 is 0 Å². The first-order chi connectivity index (χ1) is 8.26. The summed E-state index contributed by atoms with van der Waals surface area (Å²) in [5.74, 6) is 0.149.